The van der Waals surface area contributed by atoms with Crippen LogP contribution in [0.1, 0.15) is 49.6 Å². The summed E-state index contributed by atoms with van der Waals surface area (Å²) in [4.78, 5) is 31.2. The van der Waals surface area contributed by atoms with Gasteiger partial charge in [-0.05, 0) is 50.6 Å². The SMILES string of the molecule is CCCCN1C(=O)C(=O)/C(=C(/O)c2ccc(OCC)cc2)C1c1c(C)[nH]c2ccccc12. The van der Waals surface area contributed by atoms with E-state index in [1.165, 1.54) is 0 Å². The average molecular weight is 433 g/mol. The molecule has 0 bridgehead atoms. The Hall–Kier alpha value is -3.54. The minimum absolute atomic E-state index is 0.128. The molecule has 2 aromatic carbocycles. The van der Waals surface area contributed by atoms with E-state index in [1.807, 2.05) is 45.0 Å². The number of hydrogen-bond acceptors (Lipinski definition) is 4. The zero-order valence-corrected chi connectivity index (χ0v) is 18.6. The fraction of sp³-hybridized carbons (Fsp3) is 0.308. The van der Waals surface area contributed by atoms with E-state index >= 15 is 0 Å². The van der Waals surface area contributed by atoms with Crippen LogP contribution in [-0.4, -0.2) is 39.8 Å². The molecule has 3 aromatic rings. The number of ether oxygens (including phenoxy) is 1. The first-order valence-electron chi connectivity index (χ1n) is 11.1. The van der Waals surface area contributed by atoms with Gasteiger partial charge >= 0.3 is 0 Å². The zero-order valence-electron chi connectivity index (χ0n) is 18.6. The maximum Gasteiger partial charge on any atom is 0.295 e. The number of aryl methyl sites for hydroxylation is 1. The molecule has 1 aromatic heterocycles. The summed E-state index contributed by atoms with van der Waals surface area (Å²) < 4.78 is 5.48. The molecule has 1 atom stereocenters. The predicted molar refractivity (Wildman–Crippen MR) is 125 cm³/mol. The van der Waals surface area contributed by atoms with Crippen molar-refractivity contribution in [3.8, 4) is 5.75 Å². The molecule has 0 saturated carbocycles. The summed E-state index contributed by atoms with van der Waals surface area (Å²) in [7, 11) is 0. The van der Waals surface area contributed by atoms with Crippen molar-refractivity contribution in [3.05, 3.63) is 70.9 Å². The van der Waals surface area contributed by atoms with Gasteiger partial charge in [-0.1, -0.05) is 31.5 Å². The van der Waals surface area contributed by atoms with Crippen LogP contribution in [0.4, 0.5) is 0 Å². The minimum Gasteiger partial charge on any atom is -0.507 e. The number of likely N-dealkylation sites (tertiary alicyclic amines) is 1. The van der Waals surface area contributed by atoms with Gasteiger partial charge in [0.15, 0.2) is 0 Å². The molecule has 1 fully saturated rings. The van der Waals surface area contributed by atoms with Crippen LogP contribution in [-0.2, 0) is 9.59 Å². The molecule has 4 rings (SSSR count). The normalized spacial score (nSPS) is 18.0. The van der Waals surface area contributed by atoms with Crippen LogP contribution in [0.15, 0.2) is 54.1 Å². The third kappa shape index (κ3) is 3.66. The summed E-state index contributed by atoms with van der Waals surface area (Å²) >= 11 is 0. The topological polar surface area (TPSA) is 82.6 Å². The first-order chi connectivity index (χ1) is 15.5. The van der Waals surface area contributed by atoms with Crippen LogP contribution in [0.25, 0.3) is 16.7 Å². The second-order valence-corrected chi connectivity index (χ2v) is 8.01. The van der Waals surface area contributed by atoms with Crippen molar-refractivity contribution in [2.45, 2.75) is 39.7 Å². The Labute approximate surface area is 187 Å². The van der Waals surface area contributed by atoms with Gasteiger partial charge in [-0.2, -0.15) is 0 Å². The van der Waals surface area contributed by atoms with Crippen LogP contribution < -0.4 is 4.74 Å². The number of carbonyl (C=O) groups is 2. The maximum absolute atomic E-state index is 13.2. The molecule has 1 aliphatic rings. The summed E-state index contributed by atoms with van der Waals surface area (Å²) in [5.41, 5.74) is 3.26. The largest absolute Gasteiger partial charge is 0.507 e. The quantitative estimate of drug-likeness (QED) is 0.309. The second-order valence-electron chi connectivity index (χ2n) is 8.01. The van der Waals surface area contributed by atoms with Gasteiger partial charge in [-0.15, -0.1) is 0 Å². The van der Waals surface area contributed by atoms with Crippen molar-refractivity contribution in [2.24, 2.45) is 0 Å². The van der Waals surface area contributed by atoms with Gasteiger partial charge in [0.1, 0.15) is 11.5 Å². The van der Waals surface area contributed by atoms with Gasteiger partial charge < -0.3 is 19.7 Å². The number of unbranched alkanes of at least 4 members (excludes halogenated alkanes) is 1. The van der Waals surface area contributed by atoms with Crippen LogP contribution >= 0.6 is 0 Å². The maximum atomic E-state index is 13.2. The molecule has 32 heavy (non-hydrogen) atoms. The third-order valence-electron chi connectivity index (χ3n) is 5.95. The van der Waals surface area contributed by atoms with E-state index in [-0.39, 0.29) is 11.3 Å². The number of aliphatic hydroxyl groups is 1. The molecule has 166 valence electrons. The highest BCUT2D eigenvalue weighted by Crippen LogP contribution is 2.43. The molecule has 2 N–H and O–H groups in total. The van der Waals surface area contributed by atoms with E-state index in [1.54, 1.807) is 29.2 Å². The number of aromatic amines is 1. The Morgan fingerprint density at radius 1 is 1.09 bits per heavy atom. The number of amides is 1. The van der Waals surface area contributed by atoms with Crippen LogP contribution in [0.5, 0.6) is 5.75 Å². The van der Waals surface area contributed by atoms with E-state index in [0.717, 1.165) is 35.0 Å². The van der Waals surface area contributed by atoms with Gasteiger partial charge in [0.2, 0.25) is 0 Å². The van der Waals surface area contributed by atoms with Crippen molar-refractivity contribution in [1.29, 1.82) is 0 Å². The third-order valence-corrected chi connectivity index (χ3v) is 5.95. The van der Waals surface area contributed by atoms with Crippen molar-refractivity contribution in [1.82, 2.24) is 9.88 Å². The number of para-hydroxylation sites is 1. The molecule has 0 aliphatic carbocycles. The lowest BCUT2D eigenvalue weighted by Crippen LogP contribution is -2.30. The molecular weight excluding hydrogens is 404 g/mol. The highest BCUT2D eigenvalue weighted by Gasteiger charge is 2.47. The van der Waals surface area contributed by atoms with Crippen LogP contribution in [0.2, 0.25) is 0 Å². The van der Waals surface area contributed by atoms with Gasteiger partial charge in [0, 0.05) is 34.3 Å². The van der Waals surface area contributed by atoms with Crippen LogP contribution in [0.3, 0.4) is 0 Å². The minimum atomic E-state index is -0.651. The number of carbonyl (C=O) groups excluding carboxylic acids is 2. The number of aliphatic hydroxyl groups excluding tert-OH is 1. The van der Waals surface area contributed by atoms with Gasteiger partial charge in [0.25, 0.3) is 11.7 Å². The van der Waals surface area contributed by atoms with Crippen molar-refractivity contribution in [3.63, 3.8) is 0 Å². The first-order valence-corrected chi connectivity index (χ1v) is 11.1. The molecule has 6 heteroatoms. The molecule has 6 nitrogen and oxygen atoms in total. The van der Waals surface area contributed by atoms with Gasteiger partial charge in [-0.3, -0.25) is 9.59 Å². The Morgan fingerprint density at radius 3 is 2.50 bits per heavy atom. The highest BCUT2D eigenvalue weighted by molar-refractivity contribution is 6.46. The number of ketones is 1. The van der Waals surface area contributed by atoms with E-state index < -0.39 is 17.7 Å². The smallest absolute Gasteiger partial charge is 0.295 e. The summed E-state index contributed by atoms with van der Waals surface area (Å²) in [5, 5.41) is 12.2. The van der Waals surface area contributed by atoms with Crippen molar-refractivity contribution >= 4 is 28.4 Å². The Bertz CT molecular complexity index is 1190. The second kappa shape index (κ2) is 8.91. The fourth-order valence-corrected chi connectivity index (χ4v) is 4.42. The van der Waals surface area contributed by atoms with Gasteiger partial charge in [-0.25, -0.2) is 0 Å². The molecule has 1 amide bonds. The Balaban J connectivity index is 1.90. The molecule has 2 heterocycles. The number of rotatable bonds is 7. The number of benzene rings is 2. The summed E-state index contributed by atoms with van der Waals surface area (Å²) in [6.07, 6.45) is 1.66. The summed E-state index contributed by atoms with van der Waals surface area (Å²) in [5.74, 6) is -0.709. The molecule has 0 spiro atoms. The lowest BCUT2D eigenvalue weighted by Gasteiger charge is -2.25. The zero-order chi connectivity index (χ0) is 22.8. The highest BCUT2D eigenvalue weighted by atomic mass is 16.5. The summed E-state index contributed by atoms with van der Waals surface area (Å²) in [6.45, 7) is 6.86. The molecule has 0 radical (unpaired) electrons. The molecule has 1 saturated heterocycles. The fourth-order valence-electron chi connectivity index (χ4n) is 4.42. The monoisotopic (exact) mass is 432 g/mol. The lowest BCUT2D eigenvalue weighted by atomic mass is 9.93. The van der Waals surface area contributed by atoms with E-state index in [2.05, 4.69) is 4.98 Å². The first kappa shape index (κ1) is 21.7. The number of hydrogen-bond donors (Lipinski definition) is 2. The van der Waals surface area contributed by atoms with Crippen molar-refractivity contribution in [2.75, 3.05) is 13.2 Å². The standard InChI is InChI=1S/C26H28N2O4/c1-4-6-15-28-23(21-16(3)27-20-10-8-7-9-19(20)21)22(25(30)26(28)31)24(29)17-11-13-18(14-12-17)32-5-2/h7-14,23,27,29H,4-6,15H2,1-3H3/b24-22+. The molecular formula is C26H28N2O4. The number of nitrogens with one attached hydrogen (secondary N) is 1. The predicted octanol–water partition coefficient (Wildman–Crippen LogP) is 5.10. The average Bonchev–Trinajstić information content (AvgIpc) is 3.25. The van der Waals surface area contributed by atoms with E-state index in [0.29, 0.717) is 24.5 Å². The number of H-pyrrole nitrogens is 1. The van der Waals surface area contributed by atoms with Crippen molar-refractivity contribution < 1.29 is 19.4 Å². The Kier molecular flexibility index (Phi) is 6.04. The number of fused-ring (bicyclic) bond motifs is 1. The Morgan fingerprint density at radius 2 is 1.81 bits per heavy atom. The molecule has 1 unspecified atom stereocenters. The van der Waals surface area contributed by atoms with E-state index in [4.69, 9.17) is 4.74 Å². The van der Waals surface area contributed by atoms with E-state index in [9.17, 15) is 14.7 Å². The number of Topliss-reactive ketones (excluding diaryl/α,β-unsaturated/α-hetero) is 1. The summed E-state index contributed by atoms with van der Waals surface area (Å²) in [6, 6.07) is 14.1. The lowest BCUT2D eigenvalue weighted by molar-refractivity contribution is -0.139. The number of aromatic nitrogens is 1. The van der Waals surface area contributed by atoms with Gasteiger partial charge in [0.05, 0.1) is 18.2 Å². The number of nitrogens with zero attached hydrogens (tertiary/aromatic N) is 1. The molecule has 1 aliphatic heterocycles. The van der Waals surface area contributed by atoms with Crippen LogP contribution in [0, 0.1) is 6.92 Å².